The van der Waals surface area contributed by atoms with Crippen molar-refractivity contribution in [1.82, 2.24) is 4.90 Å². The number of hydrogen-bond donors (Lipinski definition) is 1. The third-order valence-corrected chi connectivity index (χ3v) is 6.62. The fraction of sp³-hybridized carbons (Fsp3) is 0.412. The molecule has 122 valence electrons. The number of aromatic hydroxyl groups is 1. The predicted octanol–water partition coefficient (Wildman–Crippen LogP) is 4.78. The van der Waals surface area contributed by atoms with Crippen LogP contribution >= 0.6 is 46.6 Å². The van der Waals surface area contributed by atoms with E-state index >= 15 is 0 Å². The van der Waals surface area contributed by atoms with Crippen molar-refractivity contribution in [1.29, 1.82) is 0 Å². The van der Waals surface area contributed by atoms with E-state index in [-0.39, 0.29) is 11.7 Å². The summed E-state index contributed by atoms with van der Waals surface area (Å²) in [5, 5.41) is 9.59. The fourth-order valence-corrected chi connectivity index (χ4v) is 4.92. The fourth-order valence-electron chi connectivity index (χ4n) is 3.07. The van der Waals surface area contributed by atoms with E-state index in [1.807, 2.05) is 18.2 Å². The van der Waals surface area contributed by atoms with Crippen molar-refractivity contribution in [2.45, 2.75) is 32.1 Å². The lowest BCUT2D eigenvalue weighted by atomic mass is 10.0. The van der Waals surface area contributed by atoms with Crippen LogP contribution in [-0.4, -0.2) is 26.8 Å². The topological polar surface area (TPSA) is 40.5 Å². The summed E-state index contributed by atoms with van der Waals surface area (Å²) < 4.78 is 1.43. The second-order valence-electron chi connectivity index (χ2n) is 5.98. The van der Waals surface area contributed by atoms with Crippen LogP contribution in [0.4, 0.5) is 0 Å². The molecule has 3 rings (SSSR count). The molecule has 1 aromatic carbocycles. The molecule has 0 bridgehead atoms. The Morgan fingerprint density at radius 1 is 1.39 bits per heavy atom. The molecule has 3 nitrogen and oxygen atoms in total. The van der Waals surface area contributed by atoms with E-state index in [0.29, 0.717) is 9.23 Å². The average Bonchev–Trinajstić information content (AvgIpc) is 3.11. The molecule has 1 amide bonds. The normalized spacial score (nSPS) is 20.9. The summed E-state index contributed by atoms with van der Waals surface area (Å²) in [7, 11) is 0. The highest BCUT2D eigenvalue weighted by molar-refractivity contribution is 14.1. The van der Waals surface area contributed by atoms with Crippen molar-refractivity contribution >= 4 is 62.9 Å². The summed E-state index contributed by atoms with van der Waals surface area (Å²) in [5.41, 5.74) is 0.906. The van der Waals surface area contributed by atoms with Gasteiger partial charge in [0.2, 0.25) is 0 Å². The Bertz CT molecular complexity index is 669. The second kappa shape index (κ2) is 7.53. The van der Waals surface area contributed by atoms with Crippen LogP contribution in [0, 0.1) is 9.49 Å². The van der Waals surface area contributed by atoms with Crippen LogP contribution in [0.3, 0.4) is 0 Å². The van der Waals surface area contributed by atoms with Gasteiger partial charge in [0.05, 0.1) is 8.48 Å². The van der Waals surface area contributed by atoms with Gasteiger partial charge in [-0.25, -0.2) is 0 Å². The highest BCUT2D eigenvalue weighted by Gasteiger charge is 2.32. The van der Waals surface area contributed by atoms with Crippen molar-refractivity contribution in [3.63, 3.8) is 0 Å². The molecule has 1 aromatic rings. The minimum atomic E-state index is 0.0149. The number of benzene rings is 1. The number of thioether (sulfide) groups is 1. The van der Waals surface area contributed by atoms with Gasteiger partial charge in [0.25, 0.3) is 5.91 Å². The lowest BCUT2D eigenvalue weighted by Gasteiger charge is -2.17. The summed E-state index contributed by atoms with van der Waals surface area (Å²) in [5.74, 6) is 1.02. The number of carbonyl (C=O) groups excluding carboxylic acids is 1. The molecule has 1 aliphatic heterocycles. The molecule has 1 N–H and O–H groups in total. The predicted molar refractivity (Wildman–Crippen MR) is 107 cm³/mol. The molecule has 23 heavy (non-hydrogen) atoms. The lowest BCUT2D eigenvalue weighted by molar-refractivity contribution is -0.122. The quantitative estimate of drug-likeness (QED) is 0.400. The molecule has 0 aromatic heterocycles. The van der Waals surface area contributed by atoms with Crippen LogP contribution in [0.5, 0.6) is 5.75 Å². The summed E-state index contributed by atoms with van der Waals surface area (Å²) in [6.07, 6.45) is 8.13. The van der Waals surface area contributed by atoms with Crippen LogP contribution in [0.1, 0.15) is 37.7 Å². The summed E-state index contributed by atoms with van der Waals surface area (Å²) in [4.78, 5) is 15.0. The Kier molecular flexibility index (Phi) is 5.64. The maximum absolute atomic E-state index is 12.6. The van der Waals surface area contributed by atoms with Gasteiger partial charge in [-0.05, 0) is 58.7 Å². The van der Waals surface area contributed by atoms with Crippen LogP contribution in [0.15, 0.2) is 23.1 Å². The molecule has 6 heteroatoms. The third-order valence-electron chi connectivity index (χ3n) is 4.38. The van der Waals surface area contributed by atoms with Gasteiger partial charge < -0.3 is 5.11 Å². The first-order valence-electron chi connectivity index (χ1n) is 7.78. The summed E-state index contributed by atoms with van der Waals surface area (Å²) >= 11 is 8.83. The average molecular weight is 459 g/mol. The number of thiocarbonyl (C=S) groups is 1. The van der Waals surface area contributed by atoms with Crippen molar-refractivity contribution < 1.29 is 9.90 Å². The zero-order chi connectivity index (χ0) is 16.4. The molecule has 2 aliphatic rings. The number of phenolic OH excluding ortho intramolecular Hbond substituents is 1. The molecular weight excluding hydrogens is 441 g/mol. The molecule has 0 unspecified atom stereocenters. The molecule has 1 saturated carbocycles. The minimum Gasteiger partial charge on any atom is -0.507 e. The number of nitrogens with zero attached hydrogens (tertiary/aromatic N) is 1. The number of amides is 1. The summed E-state index contributed by atoms with van der Waals surface area (Å²) in [6, 6.07) is 5.32. The monoisotopic (exact) mass is 459 g/mol. The van der Waals surface area contributed by atoms with Crippen LogP contribution in [0.25, 0.3) is 6.08 Å². The van der Waals surface area contributed by atoms with E-state index in [2.05, 4.69) is 22.6 Å². The maximum atomic E-state index is 12.6. The molecule has 0 atom stereocenters. The number of carbonyl (C=O) groups is 1. The van der Waals surface area contributed by atoms with E-state index in [9.17, 15) is 9.90 Å². The standard InChI is InChI=1S/C17H18INO2S2/c18-13-9-12(5-6-14(13)20)10-15-16(21)19(17(22)23-15)8-7-11-3-1-2-4-11/h5-6,9-11,20H,1-4,7-8H2. The highest BCUT2D eigenvalue weighted by Crippen LogP contribution is 2.35. The Morgan fingerprint density at radius 3 is 2.83 bits per heavy atom. The smallest absolute Gasteiger partial charge is 0.266 e. The second-order valence-corrected chi connectivity index (χ2v) is 8.82. The third kappa shape index (κ3) is 4.09. The molecule has 1 heterocycles. The van der Waals surface area contributed by atoms with Gasteiger partial charge >= 0.3 is 0 Å². The van der Waals surface area contributed by atoms with Crippen molar-refractivity contribution in [3.05, 3.63) is 32.2 Å². The van der Waals surface area contributed by atoms with Crippen LogP contribution in [-0.2, 0) is 4.79 Å². The van der Waals surface area contributed by atoms with Gasteiger partial charge in [-0.2, -0.15) is 0 Å². The SMILES string of the molecule is O=C1C(=Cc2ccc(O)c(I)c2)SC(=S)N1CCC1CCCC1. The first kappa shape index (κ1) is 17.2. The Morgan fingerprint density at radius 2 is 2.13 bits per heavy atom. The van der Waals surface area contributed by atoms with Gasteiger partial charge in [-0.1, -0.05) is 55.7 Å². The highest BCUT2D eigenvalue weighted by atomic mass is 127. The van der Waals surface area contributed by atoms with Crippen molar-refractivity contribution in [2.24, 2.45) is 5.92 Å². The maximum Gasteiger partial charge on any atom is 0.266 e. The van der Waals surface area contributed by atoms with E-state index in [1.54, 1.807) is 11.0 Å². The molecule has 1 saturated heterocycles. The Hall–Kier alpha value is -0.600. The van der Waals surface area contributed by atoms with E-state index < -0.39 is 0 Å². The number of halogens is 1. The van der Waals surface area contributed by atoms with Crippen LogP contribution in [0.2, 0.25) is 0 Å². The Balaban J connectivity index is 1.69. The zero-order valence-corrected chi connectivity index (χ0v) is 16.4. The minimum absolute atomic E-state index is 0.0149. The lowest BCUT2D eigenvalue weighted by Crippen LogP contribution is -2.30. The van der Waals surface area contributed by atoms with E-state index in [4.69, 9.17) is 12.2 Å². The van der Waals surface area contributed by atoms with E-state index in [1.165, 1.54) is 37.4 Å². The number of hydrogen-bond acceptors (Lipinski definition) is 4. The van der Waals surface area contributed by atoms with Gasteiger partial charge in [-0.3, -0.25) is 9.69 Å². The molecule has 0 radical (unpaired) electrons. The number of rotatable bonds is 4. The van der Waals surface area contributed by atoms with Gasteiger partial charge in [0.15, 0.2) is 0 Å². The van der Waals surface area contributed by atoms with Crippen LogP contribution < -0.4 is 0 Å². The zero-order valence-electron chi connectivity index (χ0n) is 12.6. The first-order chi connectivity index (χ1) is 11.0. The molecule has 2 fully saturated rings. The molecule has 1 aliphatic carbocycles. The van der Waals surface area contributed by atoms with Crippen molar-refractivity contribution in [2.75, 3.05) is 6.54 Å². The molecular formula is C17H18INO2S2. The van der Waals surface area contributed by atoms with Gasteiger partial charge in [0, 0.05) is 6.54 Å². The largest absolute Gasteiger partial charge is 0.507 e. The van der Waals surface area contributed by atoms with Gasteiger partial charge in [0.1, 0.15) is 10.1 Å². The van der Waals surface area contributed by atoms with E-state index in [0.717, 1.165) is 28.0 Å². The van der Waals surface area contributed by atoms with Gasteiger partial charge in [-0.15, -0.1) is 0 Å². The Labute approximate surface area is 159 Å². The molecule has 0 spiro atoms. The van der Waals surface area contributed by atoms with Crippen molar-refractivity contribution in [3.8, 4) is 5.75 Å². The number of phenols is 1. The first-order valence-corrected chi connectivity index (χ1v) is 10.1. The summed E-state index contributed by atoms with van der Waals surface area (Å²) in [6.45, 7) is 0.736.